The first-order valence-electron chi connectivity index (χ1n) is 27.8. The van der Waals surface area contributed by atoms with Gasteiger partial charge in [0.1, 0.15) is 0 Å². The van der Waals surface area contributed by atoms with E-state index in [-0.39, 0.29) is 0 Å². The van der Waals surface area contributed by atoms with E-state index in [1.165, 1.54) is 142 Å². The molecule has 0 rings (SSSR count). The van der Waals surface area contributed by atoms with Crippen LogP contribution in [0.1, 0.15) is 300 Å². The molecule has 384 valence electrons. The van der Waals surface area contributed by atoms with Gasteiger partial charge in [-0.2, -0.15) is 0 Å². The minimum Gasteiger partial charge on any atom is -0.461 e. The van der Waals surface area contributed by atoms with E-state index in [0.29, 0.717) is 37.4 Å². The van der Waals surface area contributed by atoms with Gasteiger partial charge in [0.2, 0.25) is 9.49 Å². The standard InChI is InChI=1S/C56H106O8S/c1-11-15-19-23-27-31-35-39-43-47(5)61-51(57)55(9,52(58)62-48(6)44-40-36-32-28-24-20-16-12-2)65-56(10,53(59)63-49(7)45-41-37-33-29-25-21-17-13-3)54(60)64-50(8)46-42-38-34-30-26-22-18-14-4/h47-50H,11-46H2,1-10H3. The van der Waals surface area contributed by atoms with Gasteiger partial charge in [0, 0.05) is 0 Å². The van der Waals surface area contributed by atoms with Crippen molar-refractivity contribution in [1.82, 2.24) is 0 Å². The second kappa shape index (κ2) is 41.2. The van der Waals surface area contributed by atoms with Gasteiger partial charge < -0.3 is 18.9 Å². The van der Waals surface area contributed by atoms with Crippen LogP contribution >= 0.6 is 11.8 Å². The maximum absolute atomic E-state index is 14.4. The minimum atomic E-state index is -2.05. The molecule has 0 spiro atoms. The van der Waals surface area contributed by atoms with Crippen molar-refractivity contribution in [3.05, 3.63) is 0 Å². The van der Waals surface area contributed by atoms with Crippen LogP contribution in [0.4, 0.5) is 0 Å². The van der Waals surface area contributed by atoms with Gasteiger partial charge in [-0.15, -0.1) is 11.8 Å². The molecule has 4 atom stereocenters. The van der Waals surface area contributed by atoms with E-state index in [9.17, 15) is 19.2 Å². The summed E-state index contributed by atoms with van der Waals surface area (Å²) in [5.74, 6) is -3.26. The van der Waals surface area contributed by atoms with Crippen molar-refractivity contribution in [1.29, 1.82) is 0 Å². The zero-order valence-corrected chi connectivity index (χ0v) is 45.3. The Hall–Kier alpha value is -1.77. The molecule has 4 unspecified atom stereocenters. The van der Waals surface area contributed by atoms with Crippen molar-refractivity contribution < 1.29 is 38.1 Å². The molecule has 0 bridgehead atoms. The molecule has 0 aromatic rings. The molecule has 0 N–H and O–H groups in total. The maximum atomic E-state index is 14.4. The lowest BCUT2D eigenvalue weighted by Crippen LogP contribution is -2.54. The zero-order valence-electron chi connectivity index (χ0n) is 44.4. The van der Waals surface area contributed by atoms with Gasteiger partial charge in [-0.3, -0.25) is 0 Å². The van der Waals surface area contributed by atoms with Crippen molar-refractivity contribution in [2.45, 2.75) is 334 Å². The van der Waals surface area contributed by atoms with Gasteiger partial charge in [0.25, 0.3) is 0 Å². The Morgan fingerprint density at radius 3 is 0.631 bits per heavy atom. The first-order valence-corrected chi connectivity index (χ1v) is 28.6. The van der Waals surface area contributed by atoms with Crippen LogP contribution in [0.3, 0.4) is 0 Å². The number of esters is 4. The summed E-state index contributed by atoms with van der Waals surface area (Å²) in [5.41, 5.74) is 0. The fourth-order valence-corrected chi connectivity index (χ4v) is 9.76. The maximum Gasteiger partial charge on any atom is 0.333 e. The number of carbonyl (C=O) groups is 4. The summed E-state index contributed by atoms with van der Waals surface area (Å²) in [6.07, 6.45) is 37.9. The van der Waals surface area contributed by atoms with Crippen LogP contribution in [0, 0.1) is 0 Å². The average Bonchev–Trinajstić information content (AvgIpc) is 3.27. The fraction of sp³-hybridized carbons (Fsp3) is 0.929. The van der Waals surface area contributed by atoms with Crippen LogP contribution in [-0.4, -0.2) is 57.8 Å². The van der Waals surface area contributed by atoms with Gasteiger partial charge in [-0.1, -0.05) is 207 Å². The van der Waals surface area contributed by atoms with Crippen LogP contribution in [0.2, 0.25) is 0 Å². The molecular formula is C56H106O8S. The Bertz CT molecular complexity index is 1010. The van der Waals surface area contributed by atoms with Crippen LogP contribution < -0.4 is 0 Å². The molecule has 0 aromatic heterocycles. The van der Waals surface area contributed by atoms with Gasteiger partial charge >= 0.3 is 23.9 Å². The Balaban J connectivity index is 6.23. The summed E-state index contributed by atoms with van der Waals surface area (Å²) in [7, 11) is 0. The predicted octanol–water partition coefficient (Wildman–Crippen LogP) is 17.1. The summed E-state index contributed by atoms with van der Waals surface area (Å²) < 4.78 is 20.1. The first kappa shape index (κ1) is 63.2. The highest BCUT2D eigenvalue weighted by Gasteiger charge is 2.58. The highest BCUT2D eigenvalue weighted by molar-refractivity contribution is 8.04. The Labute approximate surface area is 406 Å². The molecule has 0 radical (unpaired) electrons. The highest BCUT2D eigenvalue weighted by atomic mass is 32.2. The third kappa shape index (κ3) is 31.8. The molecule has 8 nitrogen and oxygen atoms in total. The van der Waals surface area contributed by atoms with Crippen molar-refractivity contribution in [2.75, 3.05) is 0 Å². The zero-order chi connectivity index (χ0) is 48.6. The monoisotopic (exact) mass is 939 g/mol. The molecule has 0 saturated heterocycles. The summed E-state index contributed by atoms with van der Waals surface area (Å²) >= 11 is 0.662. The van der Waals surface area contributed by atoms with Crippen molar-refractivity contribution in [3.63, 3.8) is 0 Å². The molecule has 9 heteroatoms. The number of unbranched alkanes of at least 4 members (excludes halogenated alkanes) is 28. The van der Waals surface area contributed by atoms with E-state index in [1.807, 2.05) is 27.7 Å². The van der Waals surface area contributed by atoms with Crippen molar-refractivity contribution >= 4 is 35.6 Å². The van der Waals surface area contributed by atoms with Gasteiger partial charge in [-0.05, 0) is 92.9 Å². The SMILES string of the molecule is CCCCCCCCCCC(C)OC(=O)C(C)(SC(C)(C(=O)OC(C)CCCCCCCCCC)C(=O)OC(C)CCCCCCCCCC)C(=O)OC(C)CCCCCCCCCC. The highest BCUT2D eigenvalue weighted by Crippen LogP contribution is 2.42. The van der Waals surface area contributed by atoms with Crippen LogP contribution in [-0.2, 0) is 38.1 Å². The van der Waals surface area contributed by atoms with Crippen molar-refractivity contribution in [3.8, 4) is 0 Å². The lowest BCUT2D eigenvalue weighted by atomic mass is 10.1. The number of rotatable bonds is 46. The Kier molecular flexibility index (Phi) is 40.1. The quantitative estimate of drug-likeness (QED) is 0.0255. The number of hydrogen-bond acceptors (Lipinski definition) is 9. The van der Waals surface area contributed by atoms with Crippen LogP contribution in [0.15, 0.2) is 0 Å². The Morgan fingerprint density at radius 1 is 0.308 bits per heavy atom. The summed E-state index contributed by atoms with van der Waals surface area (Å²) in [5, 5.41) is 0. The summed E-state index contributed by atoms with van der Waals surface area (Å²) in [4.78, 5) is 57.7. The molecule has 0 aliphatic heterocycles. The third-order valence-electron chi connectivity index (χ3n) is 13.1. The molecule has 0 aliphatic carbocycles. The van der Waals surface area contributed by atoms with E-state index in [2.05, 4.69) is 27.7 Å². The number of thioether (sulfide) groups is 1. The normalized spacial score (nSPS) is 15.3. The molecule has 0 aliphatic rings. The Morgan fingerprint density at radius 2 is 0.462 bits per heavy atom. The topological polar surface area (TPSA) is 105 Å². The number of ether oxygens (including phenoxy) is 4. The first-order chi connectivity index (χ1) is 31.2. The molecule has 0 amide bonds. The van der Waals surface area contributed by atoms with Crippen LogP contribution in [0.25, 0.3) is 0 Å². The lowest BCUT2D eigenvalue weighted by molar-refractivity contribution is -0.164. The van der Waals surface area contributed by atoms with Gasteiger partial charge in [-0.25, -0.2) is 19.2 Å². The minimum absolute atomic E-state index is 0.464. The van der Waals surface area contributed by atoms with E-state index in [4.69, 9.17) is 18.9 Å². The second-order valence-electron chi connectivity index (χ2n) is 20.1. The smallest absolute Gasteiger partial charge is 0.333 e. The predicted molar refractivity (Wildman–Crippen MR) is 276 cm³/mol. The van der Waals surface area contributed by atoms with E-state index < -0.39 is 57.8 Å². The fourth-order valence-electron chi connectivity index (χ4n) is 8.42. The number of carbonyl (C=O) groups excluding carboxylic acids is 4. The molecule has 0 fully saturated rings. The summed E-state index contributed by atoms with van der Waals surface area (Å²) in [6, 6.07) is 0. The molecular weight excluding hydrogens is 833 g/mol. The molecule has 65 heavy (non-hydrogen) atoms. The van der Waals surface area contributed by atoms with Gasteiger partial charge in [0.15, 0.2) is 0 Å². The second-order valence-corrected chi connectivity index (χ2v) is 21.9. The van der Waals surface area contributed by atoms with Gasteiger partial charge in [0.05, 0.1) is 24.4 Å². The molecule has 0 heterocycles. The lowest BCUT2D eigenvalue weighted by Gasteiger charge is -2.35. The number of hydrogen-bond donors (Lipinski definition) is 0. The van der Waals surface area contributed by atoms with E-state index in [0.717, 1.165) is 77.0 Å². The average molecular weight is 940 g/mol. The summed E-state index contributed by atoms with van der Waals surface area (Å²) in [6.45, 7) is 19.2. The van der Waals surface area contributed by atoms with E-state index in [1.54, 1.807) is 0 Å². The van der Waals surface area contributed by atoms with E-state index >= 15 is 0 Å². The molecule has 0 aromatic carbocycles. The largest absolute Gasteiger partial charge is 0.461 e. The van der Waals surface area contributed by atoms with Crippen molar-refractivity contribution in [2.24, 2.45) is 0 Å². The third-order valence-corrected chi connectivity index (χ3v) is 14.5. The molecule has 0 saturated carbocycles. The van der Waals surface area contributed by atoms with Crippen LogP contribution in [0.5, 0.6) is 0 Å².